The molecule has 29 heavy (non-hydrogen) atoms. The summed E-state index contributed by atoms with van der Waals surface area (Å²) < 4.78 is 6.37. The molecule has 4 rings (SSSR count). The number of unbranched alkanes of at least 4 members (excludes halogenated alkanes) is 1. The maximum absolute atomic E-state index is 6.37. The molecule has 0 saturated carbocycles. The first-order valence-corrected chi connectivity index (χ1v) is 10.7. The smallest absolute Gasteiger partial charge is 0.170 e. The Hall–Kier alpha value is -2.37. The lowest BCUT2D eigenvalue weighted by molar-refractivity contribution is 0.271. The van der Waals surface area contributed by atoms with E-state index in [0.29, 0.717) is 0 Å². The Morgan fingerprint density at radius 3 is 2.79 bits per heavy atom. The first-order valence-electron chi connectivity index (χ1n) is 9.93. The van der Waals surface area contributed by atoms with Crippen LogP contribution in [0.2, 0.25) is 5.02 Å². The number of hydrogen-bond acceptors (Lipinski definition) is 3. The van der Waals surface area contributed by atoms with Gasteiger partial charge in [-0.3, -0.25) is 4.98 Å². The third-order valence-corrected chi connectivity index (χ3v) is 6.16. The molecule has 2 aromatic heterocycles. The first-order chi connectivity index (χ1) is 14.1. The van der Waals surface area contributed by atoms with Crippen molar-refractivity contribution in [1.82, 2.24) is 15.2 Å². The summed E-state index contributed by atoms with van der Waals surface area (Å²) in [6, 6.07) is 15.8. The van der Waals surface area contributed by atoms with E-state index in [1.807, 2.05) is 61.7 Å². The zero-order chi connectivity index (χ0) is 20.4. The van der Waals surface area contributed by atoms with Gasteiger partial charge in [-0.15, -0.1) is 0 Å². The fourth-order valence-corrected chi connectivity index (χ4v) is 4.32. The number of hydrogen-bond donors (Lipinski definition) is 1. The van der Waals surface area contributed by atoms with Gasteiger partial charge in [-0.1, -0.05) is 43.1 Å². The fraction of sp³-hybridized carbons (Fsp3) is 0.304. The van der Waals surface area contributed by atoms with Crippen LogP contribution in [-0.4, -0.2) is 21.5 Å². The molecular formula is C23H24ClN3OS. The monoisotopic (exact) mass is 425 g/mol. The van der Waals surface area contributed by atoms with Crippen molar-refractivity contribution in [3.63, 3.8) is 0 Å². The molecule has 1 aliphatic rings. The zero-order valence-corrected chi connectivity index (χ0v) is 18.1. The lowest BCUT2D eigenvalue weighted by atomic mass is 10.0. The van der Waals surface area contributed by atoms with Crippen molar-refractivity contribution in [3.05, 3.63) is 76.8 Å². The molecule has 0 radical (unpaired) electrons. The van der Waals surface area contributed by atoms with E-state index in [1.54, 1.807) is 0 Å². The SMILES string of the molecule is CCCCN1C(=S)N[C@H](c2ccccn2)[C@H]1c1ccc(-c2cccc(Cl)c2C)o1. The van der Waals surface area contributed by atoms with Crippen LogP contribution in [0.5, 0.6) is 0 Å². The molecule has 0 unspecified atom stereocenters. The molecule has 1 aromatic carbocycles. The quantitative estimate of drug-likeness (QED) is 0.485. The summed E-state index contributed by atoms with van der Waals surface area (Å²) in [6.07, 6.45) is 3.98. The van der Waals surface area contributed by atoms with Crippen LogP contribution >= 0.6 is 23.8 Å². The second-order valence-corrected chi connectivity index (χ2v) is 8.08. The number of pyridine rings is 1. The Bertz CT molecular complexity index is 1000. The van der Waals surface area contributed by atoms with Gasteiger partial charge in [-0.05, 0) is 61.5 Å². The maximum atomic E-state index is 6.37. The number of benzene rings is 1. The van der Waals surface area contributed by atoms with Gasteiger partial charge in [0.25, 0.3) is 0 Å². The summed E-state index contributed by atoms with van der Waals surface area (Å²) in [7, 11) is 0. The van der Waals surface area contributed by atoms with Crippen LogP contribution in [0, 0.1) is 6.92 Å². The Labute approximate surface area is 181 Å². The highest BCUT2D eigenvalue weighted by molar-refractivity contribution is 7.80. The van der Waals surface area contributed by atoms with Crippen LogP contribution < -0.4 is 5.32 Å². The van der Waals surface area contributed by atoms with Gasteiger partial charge in [0.05, 0.1) is 11.7 Å². The predicted octanol–water partition coefficient (Wildman–Crippen LogP) is 6.08. The molecular weight excluding hydrogens is 402 g/mol. The summed E-state index contributed by atoms with van der Waals surface area (Å²) >= 11 is 12.0. The fourth-order valence-electron chi connectivity index (χ4n) is 3.81. The molecule has 150 valence electrons. The van der Waals surface area contributed by atoms with E-state index in [4.69, 9.17) is 28.2 Å². The minimum Gasteiger partial charge on any atom is -0.459 e. The molecule has 0 bridgehead atoms. The Morgan fingerprint density at radius 1 is 1.17 bits per heavy atom. The Morgan fingerprint density at radius 2 is 2.03 bits per heavy atom. The summed E-state index contributed by atoms with van der Waals surface area (Å²) in [6.45, 7) is 5.07. The van der Waals surface area contributed by atoms with Gasteiger partial charge in [-0.25, -0.2) is 0 Å². The topological polar surface area (TPSA) is 41.3 Å². The van der Waals surface area contributed by atoms with E-state index in [2.05, 4.69) is 22.1 Å². The third-order valence-electron chi connectivity index (χ3n) is 5.40. The largest absolute Gasteiger partial charge is 0.459 e. The van der Waals surface area contributed by atoms with E-state index in [9.17, 15) is 0 Å². The summed E-state index contributed by atoms with van der Waals surface area (Å²) in [5.74, 6) is 1.69. The average Bonchev–Trinajstić information content (AvgIpc) is 3.33. The van der Waals surface area contributed by atoms with Crippen molar-refractivity contribution in [2.24, 2.45) is 0 Å². The number of aromatic nitrogens is 1. The van der Waals surface area contributed by atoms with Gasteiger partial charge in [0.15, 0.2) is 5.11 Å². The second-order valence-electron chi connectivity index (χ2n) is 7.29. The molecule has 6 heteroatoms. The zero-order valence-electron chi connectivity index (χ0n) is 16.6. The van der Waals surface area contributed by atoms with Gasteiger partial charge in [-0.2, -0.15) is 0 Å². The predicted molar refractivity (Wildman–Crippen MR) is 121 cm³/mol. The van der Waals surface area contributed by atoms with Crippen molar-refractivity contribution in [2.75, 3.05) is 6.54 Å². The van der Waals surface area contributed by atoms with Crippen molar-refractivity contribution >= 4 is 28.9 Å². The van der Waals surface area contributed by atoms with Gasteiger partial charge >= 0.3 is 0 Å². The molecule has 0 aliphatic carbocycles. The minimum atomic E-state index is -0.0555. The number of furan rings is 1. The molecule has 1 aliphatic heterocycles. The second kappa shape index (κ2) is 8.56. The van der Waals surface area contributed by atoms with Crippen LogP contribution in [0.1, 0.15) is 48.9 Å². The van der Waals surface area contributed by atoms with Crippen LogP contribution in [-0.2, 0) is 0 Å². The van der Waals surface area contributed by atoms with E-state index in [-0.39, 0.29) is 12.1 Å². The van der Waals surface area contributed by atoms with Crippen molar-refractivity contribution in [1.29, 1.82) is 0 Å². The molecule has 3 heterocycles. The van der Waals surface area contributed by atoms with Gasteiger partial charge in [0.2, 0.25) is 0 Å². The molecule has 1 saturated heterocycles. The van der Waals surface area contributed by atoms with E-state index in [1.165, 1.54) is 0 Å². The molecule has 4 nitrogen and oxygen atoms in total. The molecule has 1 fully saturated rings. The van der Waals surface area contributed by atoms with Crippen molar-refractivity contribution < 1.29 is 4.42 Å². The average molecular weight is 426 g/mol. The molecule has 1 N–H and O–H groups in total. The van der Waals surface area contributed by atoms with Crippen molar-refractivity contribution in [2.45, 2.75) is 38.8 Å². The highest BCUT2D eigenvalue weighted by atomic mass is 35.5. The summed E-state index contributed by atoms with van der Waals surface area (Å²) in [5.41, 5.74) is 2.97. The van der Waals surface area contributed by atoms with Gasteiger partial charge in [0.1, 0.15) is 17.6 Å². The lowest BCUT2D eigenvalue weighted by Crippen LogP contribution is -2.30. The summed E-state index contributed by atoms with van der Waals surface area (Å²) in [5, 5.41) is 4.94. The molecule has 0 spiro atoms. The van der Waals surface area contributed by atoms with Crippen LogP contribution in [0.25, 0.3) is 11.3 Å². The number of nitrogens with one attached hydrogen (secondary N) is 1. The third kappa shape index (κ3) is 3.89. The van der Waals surface area contributed by atoms with Crippen LogP contribution in [0.15, 0.2) is 59.1 Å². The lowest BCUT2D eigenvalue weighted by Gasteiger charge is -2.25. The number of nitrogens with zero attached hydrogens (tertiary/aromatic N) is 2. The van der Waals surface area contributed by atoms with E-state index >= 15 is 0 Å². The Kier molecular flexibility index (Phi) is 5.88. The summed E-state index contributed by atoms with van der Waals surface area (Å²) in [4.78, 5) is 6.80. The van der Waals surface area contributed by atoms with E-state index in [0.717, 1.165) is 57.9 Å². The number of rotatable bonds is 6. The number of halogens is 1. The van der Waals surface area contributed by atoms with Crippen LogP contribution in [0.3, 0.4) is 0 Å². The van der Waals surface area contributed by atoms with Crippen LogP contribution in [0.4, 0.5) is 0 Å². The maximum Gasteiger partial charge on any atom is 0.170 e. The minimum absolute atomic E-state index is 0.0443. The number of thiocarbonyl (C=S) groups is 1. The normalized spacial score (nSPS) is 18.9. The highest BCUT2D eigenvalue weighted by Gasteiger charge is 2.41. The molecule has 0 amide bonds. The Balaban J connectivity index is 1.73. The molecule has 2 atom stereocenters. The molecule has 3 aromatic rings. The van der Waals surface area contributed by atoms with Gasteiger partial charge < -0.3 is 14.6 Å². The van der Waals surface area contributed by atoms with E-state index < -0.39 is 0 Å². The standard InChI is InChI=1S/C23H24ClN3OS/c1-3-4-14-27-22(21(26-23(27)29)18-10-5-6-13-25-18)20-12-11-19(28-20)16-8-7-9-17(24)15(16)2/h5-13,21-22H,3-4,14H2,1-2H3,(H,26,29)/t21-,22-/m1/s1. The van der Waals surface area contributed by atoms with Gasteiger partial charge in [0, 0.05) is 23.3 Å². The highest BCUT2D eigenvalue weighted by Crippen LogP contribution is 2.41. The van der Waals surface area contributed by atoms with Crippen molar-refractivity contribution in [3.8, 4) is 11.3 Å². The first kappa shape index (κ1) is 19.9.